The maximum absolute atomic E-state index is 13.2. The van der Waals surface area contributed by atoms with Gasteiger partial charge in [0, 0.05) is 5.57 Å². The summed E-state index contributed by atoms with van der Waals surface area (Å²) >= 11 is 0. The Labute approximate surface area is 224 Å². The highest BCUT2D eigenvalue weighted by Gasteiger charge is 2.35. The number of carboxylic acid groups (broad SMARTS) is 2. The number of carbonyl (C=O) groups is 4. The molecule has 198 valence electrons. The van der Waals surface area contributed by atoms with E-state index in [1.165, 1.54) is 13.8 Å². The van der Waals surface area contributed by atoms with Crippen molar-refractivity contribution in [2.24, 2.45) is 11.8 Å². The molecule has 0 spiro atoms. The Kier molecular flexibility index (Phi) is 8.05. The first kappa shape index (κ1) is 27.1. The molecule has 8 nitrogen and oxygen atoms in total. The number of hydrogen-bond acceptors (Lipinski definition) is 6. The first-order valence-corrected chi connectivity index (χ1v) is 12.2. The van der Waals surface area contributed by atoms with E-state index in [-0.39, 0.29) is 17.1 Å². The minimum Gasteiger partial charge on any atom is -0.481 e. The summed E-state index contributed by atoms with van der Waals surface area (Å²) in [4.78, 5) is 50.0. The molecule has 0 fully saturated rings. The molecule has 0 saturated carbocycles. The lowest BCUT2D eigenvalue weighted by Gasteiger charge is -2.23. The van der Waals surface area contributed by atoms with E-state index in [4.69, 9.17) is 9.47 Å². The van der Waals surface area contributed by atoms with E-state index in [0.29, 0.717) is 0 Å². The normalized spacial score (nSPS) is 12.4. The van der Waals surface area contributed by atoms with Gasteiger partial charge in [-0.1, -0.05) is 60.7 Å². The second-order valence-corrected chi connectivity index (χ2v) is 9.11. The number of fused-ring (bicyclic) bond motifs is 2. The highest BCUT2D eigenvalue weighted by molar-refractivity contribution is 5.96. The molecule has 0 aromatic heterocycles. The van der Waals surface area contributed by atoms with Crippen LogP contribution in [0.25, 0.3) is 21.5 Å². The molecule has 0 aliphatic rings. The van der Waals surface area contributed by atoms with Crippen LogP contribution >= 0.6 is 0 Å². The molecule has 0 radical (unpaired) electrons. The van der Waals surface area contributed by atoms with Gasteiger partial charge in [-0.25, -0.2) is 4.79 Å². The summed E-state index contributed by atoms with van der Waals surface area (Å²) in [6.07, 6.45) is -0.897. The Bertz CT molecular complexity index is 1520. The van der Waals surface area contributed by atoms with Gasteiger partial charge in [0.1, 0.15) is 11.5 Å². The molecule has 2 atom stereocenters. The van der Waals surface area contributed by atoms with Crippen molar-refractivity contribution in [2.45, 2.75) is 20.3 Å². The summed E-state index contributed by atoms with van der Waals surface area (Å²) in [6.45, 7) is 2.76. The number of ether oxygens (including phenoxy) is 2. The van der Waals surface area contributed by atoms with Crippen molar-refractivity contribution in [3.05, 3.63) is 96.1 Å². The second-order valence-electron chi connectivity index (χ2n) is 9.11. The van der Waals surface area contributed by atoms with Crippen molar-refractivity contribution in [1.82, 2.24) is 0 Å². The Morgan fingerprint density at radius 2 is 1.05 bits per heavy atom. The summed E-state index contributed by atoms with van der Waals surface area (Å²) in [5, 5.41) is 22.7. The van der Waals surface area contributed by atoms with Crippen LogP contribution in [0.2, 0.25) is 0 Å². The monoisotopic (exact) mass is 526 g/mol. The number of carbonyl (C=O) groups excluding carboxylic acids is 2. The van der Waals surface area contributed by atoms with Crippen LogP contribution in [0, 0.1) is 11.8 Å². The molecule has 0 bridgehead atoms. The quantitative estimate of drug-likeness (QED) is 0.163. The summed E-state index contributed by atoms with van der Waals surface area (Å²) in [6, 6.07) is 25.0. The lowest BCUT2D eigenvalue weighted by Crippen LogP contribution is -2.31. The van der Waals surface area contributed by atoms with Crippen molar-refractivity contribution in [2.75, 3.05) is 0 Å². The van der Waals surface area contributed by atoms with Crippen LogP contribution in [0.15, 0.2) is 96.1 Å². The van der Waals surface area contributed by atoms with E-state index in [1.807, 2.05) is 48.5 Å². The standard InChI is InChI=1S/C31H26O8/c1-18(30(36)38-24-13-11-20-7-3-5-9-22(20)15-24)28(26(29(34)35)17-27(32)33)19(2)31(37)39-25-14-12-21-8-4-6-10-23(21)16-25/h3-16,18-19H,17H2,1-2H3,(H,32,33)(H,34,35). The predicted octanol–water partition coefficient (Wildman–Crippen LogP) is 5.63. The first-order chi connectivity index (χ1) is 18.6. The zero-order valence-electron chi connectivity index (χ0n) is 21.3. The fourth-order valence-electron chi connectivity index (χ4n) is 4.47. The predicted molar refractivity (Wildman–Crippen MR) is 144 cm³/mol. The molecular weight excluding hydrogens is 500 g/mol. The van der Waals surface area contributed by atoms with Crippen LogP contribution < -0.4 is 9.47 Å². The average Bonchev–Trinajstić information content (AvgIpc) is 2.92. The van der Waals surface area contributed by atoms with E-state index >= 15 is 0 Å². The zero-order valence-corrected chi connectivity index (χ0v) is 21.3. The average molecular weight is 527 g/mol. The van der Waals surface area contributed by atoms with Crippen molar-refractivity contribution < 1.29 is 38.9 Å². The molecular formula is C31H26O8. The summed E-state index contributed by atoms with van der Waals surface area (Å²) < 4.78 is 11.1. The van der Waals surface area contributed by atoms with E-state index < -0.39 is 47.7 Å². The van der Waals surface area contributed by atoms with Crippen molar-refractivity contribution >= 4 is 45.4 Å². The van der Waals surface area contributed by atoms with Gasteiger partial charge in [0.2, 0.25) is 0 Å². The third kappa shape index (κ3) is 6.30. The molecule has 39 heavy (non-hydrogen) atoms. The van der Waals surface area contributed by atoms with E-state index in [0.717, 1.165) is 21.5 Å². The van der Waals surface area contributed by atoms with Gasteiger partial charge < -0.3 is 19.7 Å². The summed E-state index contributed by atoms with van der Waals surface area (Å²) in [7, 11) is 0. The van der Waals surface area contributed by atoms with Crippen LogP contribution in [0.1, 0.15) is 20.3 Å². The third-order valence-corrected chi connectivity index (χ3v) is 6.45. The Hall–Kier alpha value is -4.98. The summed E-state index contributed by atoms with van der Waals surface area (Å²) in [5.74, 6) is -6.72. The van der Waals surface area contributed by atoms with Gasteiger partial charge >= 0.3 is 23.9 Å². The largest absolute Gasteiger partial charge is 0.481 e. The van der Waals surface area contributed by atoms with Crippen LogP contribution in [-0.2, 0) is 19.2 Å². The van der Waals surface area contributed by atoms with Gasteiger partial charge in [-0.3, -0.25) is 14.4 Å². The van der Waals surface area contributed by atoms with Gasteiger partial charge in [-0.15, -0.1) is 0 Å². The number of esters is 2. The van der Waals surface area contributed by atoms with E-state index in [2.05, 4.69) is 0 Å². The van der Waals surface area contributed by atoms with Crippen molar-refractivity contribution in [3.8, 4) is 11.5 Å². The van der Waals surface area contributed by atoms with Crippen LogP contribution in [0.5, 0.6) is 11.5 Å². The minimum atomic E-state index is -1.55. The molecule has 8 heteroatoms. The third-order valence-electron chi connectivity index (χ3n) is 6.45. The van der Waals surface area contributed by atoms with Crippen molar-refractivity contribution in [1.29, 1.82) is 0 Å². The van der Waals surface area contributed by atoms with E-state index in [1.54, 1.807) is 36.4 Å². The molecule has 0 saturated heterocycles. The highest BCUT2D eigenvalue weighted by atomic mass is 16.5. The number of rotatable bonds is 9. The molecule has 2 N–H and O–H groups in total. The number of aliphatic carboxylic acids is 2. The maximum Gasteiger partial charge on any atom is 0.332 e. The van der Waals surface area contributed by atoms with Crippen molar-refractivity contribution in [3.63, 3.8) is 0 Å². The van der Waals surface area contributed by atoms with Gasteiger partial charge in [0.15, 0.2) is 0 Å². The Morgan fingerprint density at radius 3 is 1.44 bits per heavy atom. The number of benzene rings is 4. The molecule has 0 amide bonds. The Balaban J connectivity index is 1.64. The molecule has 0 aliphatic heterocycles. The fraction of sp³-hybridized carbons (Fsp3) is 0.161. The van der Waals surface area contributed by atoms with Gasteiger partial charge in [0.05, 0.1) is 18.3 Å². The SMILES string of the molecule is CC(C(=O)Oc1ccc2ccccc2c1)C(=C(CC(=O)O)C(=O)O)C(C)C(=O)Oc1ccc2ccccc2c1. The van der Waals surface area contributed by atoms with Crippen LogP contribution in [0.3, 0.4) is 0 Å². The molecule has 4 aromatic rings. The number of hydrogen-bond donors (Lipinski definition) is 2. The first-order valence-electron chi connectivity index (χ1n) is 12.2. The topological polar surface area (TPSA) is 127 Å². The fourth-order valence-corrected chi connectivity index (χ4v) is 4.47. The smallest absolute Gasteiger partial charge is 0.332 e. The molecule has 4 rings (SSSR count). The lowest BCUT2D eigenvalue weighted by atomic mass is 9.84. The van der Waals surface area contributed by atoms with Gasteiger partial charge in [-0.05, 0) is 65.2 Å². The Morgan fingerprint density at radius 1 is 0.641 bits per heavy atom. The molecule has 0 heterocycles. The molecule has 2 unspecified atom stereocenters. The lowest BCUT2D eigenvalue weighted by molar-refractivity contribution is -0.141. The van der Waals surface area contributed by atoms with Gasteiger partial charge in [-0.2, -0.15) is 0 Å². The molecule has 0 aliphatic carbocycles. The zero-order chi connectivity index (χ0) is 28.1. The second kappa shape index (κ2) is 11.6. The van der Waals surface area contributed by atoms with Gasteiger partial charge in [0.25, 0.3) is 0 Å². The summed E-state index contributed by atoms with van der Waals surface area (Å²) in [5.41, 5.74) is -0.769. The molecule has 4 aromatic carbocycles. The van der Waals surface area contributed by atoms with E-state index in [9.17, 15) is 29.4 Å². The highest BCUT2D eigenvalue weighted by Crippen LogP contribution is 2.31. The minimum absolute atomic E-state index is 0.193. The maximum atomic E-state index is 13.2. The number of carboxylic acids is 2. The van der Waals surface area contributed by atoms with Crippen LogP contribution in [0.4, 0.5) is 0 Å². The van der Waals surface area contributed by atoms with Crippen LogP contribution in [-0.4, -0.2) is 34.1 Å².